The molecule has 24 heavy (non-hydrogen) atoms. The molecular formula is C17H15Cl2O4P. The lowest BCUT2D eigenvalue weighted by Gasteiger charge is -2.20. The second-order valence-electron chi connectivity index (χ2n) is 5.32. The SMILES string of the molecule is CCOP(=O)(Oc1cccc2c1C(=O)CC2)c1ccc(Cl)c(Cl)c1. The summed E-state index contributed by atoms with van der Waals surface area (Å²) < 4.78 is 24.5. The van der Waals surface area contributed by atoms with Crippen LogP contribution in [0.1, 0.15) is 29.3 Å². The number of hydrogen-bond donors (Lipinski definition) is 0. The number of ketones is 1. The Balaban J connectivity index is 2.04. The standard InChI is InChI=1S/C17H15Cl2O4P/c1-2-22-24(21,12-7-8-13(18)14(19)10-12)23-16-5-3-4-11-6-9-15(20)17(11)16/h3-5,7-8,10H,2,6,9H2,1H3. The predicted molar refractivity (Wildman–Crippen MR) is 95.1 cm³/mol. The van der Waals surface area contributed by atoms with Crippen LogP contribution < -0.4 is 9.83 Å². The van der Waals surface area contributed by atoms with Gasteiger partial charge in [0.25, 0.3) is 0 Å². The van der Waals surface area contributed by atoms with Crippen LogP contribution in [0.2, 0.25) is 10.0 Å². The Morgan fingerprint density at radius 3 is 2.62 bits per heavy atom. The zero-order chi connectivity index (χ0) is 17.3. The minimum atomic E-state index is -3.69. The third-order valence-electron chi connectivity index (χ3n) is 3.75. The largest absolute Gasteiger partial charge is 0.420 e. The number of halogens is 2. The summed E-state index contributed by atoms with van der Waals surface area (Å²) in [5.74, 6) is 0.260. The maximum atomic E-state index is 13.3. The Kier molecular flexibility index (Phi) is 5.03. The van der Waals surface area contributed by atoms with Crippen molar-refractivity contribution in [2.75, 3.05) is 6.61 Å². The molecule has 0 amide bonds. The maximum Gasteiger partial charge on any atom is 0.410 e. The van der Waals surface area contributed by atoms with E-state index in [1.807, 2.05) is 6.07 Å². The summed E-state index contributed by atoms with van der Waals surface area (Å²) in [6, 6.07) is 9.83. The summed E-state index contributed by atoms with van der Waals surface area (Å²) in [7, 11) is -3.69. The topological polar surface area (TPSA) is 52.6 Å². The first kappa shape index (κ1) is 17.5. The molecule has 0 saturated heterocycles. The molecule has 0 bridgehead atoms. The monoisotopic (exact) mass is 384 g/mol. The number of rotatable bonds is 5. The van der Waals surface area contributed by atoms with E-state index in [0.717, 1.165) is 5.56 Å². The highest BCUT2D eigenvalue weighted by Gasteiger charge is 2.33. The number of hydrogen-bond acceptors (Lipinski definition) is 4. The molecule has 2 aromatic carbocycles. The lowest BCUT2D eigenvalue weighted by molar-refractivity contribution is 0.0993. The molecular weight excluding hydrogens is 370 g/mol. The van der Waals surface area contributed by atoms with E-state index in [1.165, 1.54) is 12.1 Å². The van der Waals surface area contributed by atoms with Gasteiger partial charge in [0.2, 0.25) is 0 Å². The molecule has 3 rings (SSSR count). The molecule has 1 aliphatic carbocycles. The Morgan fingerprint density at radius 2 is 1.92 bits per heavy atom. The van der Waals surface area contributed by atoms with Gasteiger partial charge in [-0.15, -0.1) is 0 Å². The zero-order valence-corrected chi connectivity index (χ0v) is 15.3. The molecule has 2 aromatic rings. The average Bonchev–Trinajstić information content (AvgIpc) is 2.93. The lowest BCUT2D eigenvalue weighted by atomic mass is 10.1. The molecule has 0 aliphatic heterocycles. The van der Waals surface area contributed by atoms with Crippen molar-refractivity contribution in [1.29, 1.82) is 0 Å². The molecule has 4 nitrogen and oxygen atoms in total. The number of carbonyl (C=O) groups is 1. The summed E-state index contributed by atoms with van der Waals surface area (Å²) in [6.07, 6.45) is 1.10. The molecule has 0 radical (unpaired) electrons. The van der Waals surface area contributed by atoms with Gasteiger partial charge in [0.1, 0.15) is 5.75 Å². The predicted octanol–water partition coefficient (Wildman–Crippen LogP) is 5.06. The minimum Gasteiger partial charge on any atom is -0.420 e. The summed E-state index contributed by atoms with van der Waals surface area (Å²) in [4.78, 5) is 12.1. The fourth-order valence-corrected chi connectivity index (χ4v) is 4.64. The normalized spacial score (nSPS) is 15.9. The highest BCUT2D eigenvalue weighted by Crippen LogP contribution is 2.49. The molecule has 0 heterocycles. The first-order chi connectivity index (χ1) is 11.4. The molecule has 1 atom stereocenters. The van der Waals surface area contributed by atoms with E-state index in [2.05, 4.69) is 0 Å². The Morgan fingerprint density at radius 1 is 1.12 bits per heavy atom. The summed E-state index contributed by atoms with van der Waals surface area (Å²) in [6.45, 7) is 1.90. The van der Waals surface area contributed by atoms with Gasteiger partial charge < -0.3 is 4.52 Å². The van der Waals surface area contributed by atoms with E-state index >= 15 is 0 Å². The summed E-state index contributed by atoms with van der Waals surface area (Å²) >= 11 is 11.9. The van der Waals surface area contributed by atoms with Crippen LogP contribution in [0.15, 0.2) is 36.4 Å². The fourth-order valence-electron chi connectivity index (χ4n) is 2.66. The van der Waals surface area contributed by atoms with Crippen LogP contribution in [0, 0.1) is 0 Å². The van der Waals surface area contributed by atoms with Gasteiger partial charge in [-0.1, -0.05) is 35.3 Å². The molecule has 1 unspecified atom stereocenters. The van der Waals surface area contributed by atoms with Crippen LogP contribution in [0.3, 0.4) is 0 Å². The van der Waals surface area contributed by atoms with Gasteiger partial charge in [-0.05, 0) is 43.2 Å². The van der Waals surface area contributed by atoms with Crippen LogP contribution >= 0.6 is 30.8 Å². The lowest BCUT2D eigenvalue weighted by Crippen LogP contribution is -2.14. The van der Waals surface area contributed by atoms with Crippen LogP contribution in [-0.2, 0) is 15.5 Å². The van der Waals surface area contributed by atoms with Crippen molar-refractivity contribution in [1.82, 2.24) is 0 Å². The Hall–Kier alpha value is -1.32. The smallest absolute Gasteiger partial charge is 0.410 e. The molecule has 126 valence electrons. The highest BCUT2D eigenvalue weighted by atomic mass is 35.5. The first-order valence-electron chi connectivity index (χ1n) is 7.49. The third kappa shape index (κ3) is 3.25. The van der Waals surface area contributed by atoms with Gasteiger partial charge >= 0.3 is 7.60 Å². The van der Waals surface area contributed by atoms with Gasteiger partial charge in [-0.2, -0.15) is 0 Å². The number of aryl methyl sites for hydroxylation is 1. The number of fused-ring (bicyclic) bond motifs is 1. The Bertz CT molecular complexity index is 850. The van der Waals surface area contributed by atoms with Gasteiger partial charge in [-0.3, -0.25) is 9.32 Å². The highest BCUT2D eigenvalue weighted by molar-refractivity contribution is 7.62. The van der Waals surface area contributed by atoms with E-state index in [4.69, 9.17) is 32.2 Å². The van der Waals surface area contributed by atoms with E-state index in [-0.39, 0.29) is 23.2 Å². The van der Waals surface area contributed by atoms with Gasteiger partial charge in [-0.25, -0.2) is 4.57 Å². The quantitative estimate of drug-likeness (QED) is 0.676. The number of carbonyl (C=O) groups excluding carboxylic acids is 1. The van der Waals surface area contributed by atoms with Crippen molar-refractivity contribution in [3.63, 3.8) is 0 Å². The molecule has 0 aromatic heterocycles. The van der Waals surface area contributed by atoms with Gasteiger partial charge in [0.05, 0.1) is 27.5 Å². The summed E-state index contributed by atoms with van der Waals surface area (Å²) in [5.41, 5.74) is 1.38. The van der Waals surface area contributed by atoms with Gasteiger partial charge in [0.15, 0.2) is 5.78 Å². The van der Waals surface area contributed by atoms with Crippen molar-refractivity contribution in [3.05, 3.63) is 57.6 Å². The second-order valence-corrected chi connectivity index (χ2v) is 8.08. The fraction of sp³-hybridized carbons (Fsp3) is 0.235. The molecule has 7 heteroatoms. The first-order valence-corrected chi connectivity index (χ1v) is 9.79. The minimum absolute atomic E-state index is 0.0159. The van der Waals surface area contributed by atoms with E-state index < -0.39 is 7.60 Å². The molecule has 0 fully saturated rings. The van der Waals surface area contributed by atoms with Crippen LogP contribution in [-0.4, -0.2) is 12.4 Å². The van der Waals surface area contributed by atoms with Crippen LogP contribution in [0.25, 0.3) is 0 Å². The zero-order valence-electron chi connectivity index (χ0n) is 12.9. The Labute approximate surface area is 150 Å². The average molecular weight is 385 g/mol. The van der Waals surface area contributed by atoms with Crippen LogP contribution in [0.5, 0.6) is 5.75 Å². The second kappa shape index (κ2) is 6.89. The molecule has 0 spiro atoms. The molecule has 0 N–H and O–H groups in total. The van der Waals surface area contributed by atoms with E-state index in [0.29, 0.717) is 28.7 Å². The summed E-state index contributed by atoms with van der Waals surface area (Å²) in [5, 5.41) is 0.896. The number of Topliss-reactive ketones (excluding diaryl/α,β-unsaturated/α-hetero) is 1. The molecule has 1 aliphatic rings. The van der Waals surface area contributed by atoms with Crippen molar-refractivity contribution in [2.45, 2.75) is 19.8 Å². The van der Waals surface area contributed by atoms with Crippen molar-refractivity contribution in [3.8, 4) is 5.75 Å². The van der Waals surface area contributed by atoms with E-state index in [9.17, 15) is 9.36 Å². The third-order valence-corrected chi connectivity index (χ3v) is 6.43. The van der Waals surface area contributed by atoms with Gasteiger partial charge in [0, 0.05) is 6.42 Å². The van der Waals surface area contributed by atoms with Crippen molar-refractivity contribution in [2.24, 2.45) is 0 Å². The van der Waals surface area contributed by atoms with Crippen molar-refractivity contribution >= 4 is 41.9 Å². The van der Waals surface area contributed by atoms with Crippen molar-refractivity contribution < 1.29 is 18.4 Å². The van der Waals surface area contributed by atoms with E-state index in [1.54, 1.807) is 25.1 Å². The maximum absolute atomic E-state index is 13.3. The van der Waals surface area contributed by atoms with Crippen LogP contribution in [0.4, 0.5) is 0 Å². The molecule has 0 saturated carbocycles. The number of benzene rings is 2.